The first kappa shape index (κ1) is 10.2. The lowest BCUT2D eigenvalue weighted by Gasteiger charge is -2.13. The van der Waals surface area contributed by atoms with Crippen LogP contribution in [0.5, 0.6) is 0 Å². The van der Waals surface area contributed by atoms with Gasteiger partial charge < -0.3 is 10.0 Å². The van der Waals surface area contributed by atoms with Crippen molar-refractivity contribution >= 4 is 10.8 Å². The largest absolute Gasteiger partial charge is 0.396 e. The molecule has 0 spiro atoms. The van der Waals surface area contributed by atoms with Crippen molar-refractivity contribution in [1.29, 1.82) is 0 Å². The van der Waals surface area contributed by atoms with Crippen molar-refractivity contribution in [3.05, 3.63) is 0 Å². The summed E-state index contributed by atoms with van der Waals surface area (Å²) in [6.45, 7) is 3.25. The molecule has 0 aromatic carbocycles. The van der Waals surface area contributed by atoms with Gasteiger partial charge in [-0.25, -0.2) is 0 Å². The van der Waals surface area contributed by atoms with Gasteiger partial charge in [0.25, 0.3) is 0 Å². The number of aliphatic hydroxyl groups is 1. The molecule has 0 aliphatic carbocycles. The van der Waals surface area contributed by atoms with E-state index in [1.54, 1.807) is 6.26 Å². The third-order valence-corrected chi connectivity index (χ3v) is 3.08. The quantitative estimate of drug-likeness (QED) is 0.662. The van der Waals surface area contributed by atoms with Crippen molar-refractivity contribution in [2.24, 2.45) is 5.92 Å². The third-order valence-electron chi connectivity index (χ3n) is 2.32. The van der Waals surface area contributed by atoms with E-state index in [0.29, 0.717) is 12.5 Å². The van der Waals surface area contributed by atoms with Crippen molar-refractivity contribution in [3.63, 3.8) is 0 Å². The maximum absolute atomic E-state index is 10.8. The van der Waals surface area contributed by atoms with Gasteiger partial charge in [-0.1, -0.05) is 0 Å². The van der Waals surface area contributed by atoms with Crippen LogP contribution in [0.4, 0.5) is 0 Å². The zero-order valence-corrected chi connectivity index (χ0v) is 8.35. The molecular weight excluding hydrogens is 174 g/mol. The Balaban J connectivity index is 2.15. The normalized spacial score (nSPS) is 27.7. The minimum Gasteiger partial charge on any atom is -0.396 e. The zero-order valence-electron chi connectivity index (χ0n) is 7.53. The van der Waals surface area contributed by atoms with E-state index < -0.39 is 10.8 Å². The summed E-state index contributed by atoms with van der Waals surface area (Å²) in [6.07, 6.45) is 2.83. The summed E-state index contributed by atoms with van der Waals surface area (Å²) in [5.74, 6) is 1.22. The van der Waals surface area contributed by atoms with Gasteiger partial charge >= 0.3 is 0 Å². The van der Waals surface area contributed by atoms with Gasteiger partial charge in [-0.2, -0.15) is 0 Å². The Kier molecular flexibility index (Phi) is 4.18. The average Bonchev–Trinajstić information content (AvgIpc) is 2.48. The summed E-state index contributed by atoms with van der Waals surface area (Å²) in [4.78, 5) is 2.28. The van der Waals surface area contributed by atoms with Gasteiger partial charge in [0.1, 0.15) is 0 Å². The van der Waals surface area contributed by atoms with Gasteiger partial charge in [-0.15, -0.1) is 0 Å². The standard InChI is InChI=1S/C8H17NO2S/c1-12(11)5-4-9-3-2-8(6-9)7-10/h8,10H,2-7H2,1H3. The van der Waals surface area contributed by atoms with E-state index in [2.05, 4.69) is 4.90 Å². The minimum absolute atomic E-state index is 0.297. The highest BCUT2D eigenvalue weighted by atomic mass is 32.2. The molecule has 0 radical (unpaired) electrons. The lowest BCUT2D eigenvalue weighted by atomic mass is 10.1. The predicted octanol–water partition coefficient (Wildman–Crippen LogP) is -0.321. The molecule has 0 amide bonds. The van der Waals surface area contributed by atoms with Crippen molar-refractivity contribution in [2.75, 3.05) is 38.2 Å². The molecule has 1 fully saturated rings. The molecule has 12 heavy (non-hydrogen) atoms. The van der Waals surface area contributed by atoms with Crippen molar-refractivity contribution in [3.8, 4) is 0 Å². The Morgan fingerprint density at radius 3 is 2.92 bits per heavy atom. The Labute approximate surface area is 76.2 Å². The fourth-order valence-electron chi connectivity index (χ4n) is 1.52. The molecule has 2 atom stereocenters. The molecule has 0 saturated carbocycles. The van der Waals surface area contributed by atoms with Crippen molar-refractivity contribution in [1.82, 2.24) is 4.90 Å². The van der Waals surface area contributed by atoms with E-state index in [0.717, 1.165) is 31.8 Å². The van der Waals surface area contributed by atoms with Crippen molar-refractivity contribution in [2.45, 2.75) is 6.42 Å². The van der Waals surface area contributed by atoms with E-state index in [9.17, 15) is 4.21 Å². The summed E-state index contributed by atoms with van der Waals surface area (Å²) in [5, 5.41) is 8.87. The van der Waals surface area contributed by atoms with Crippen LogP contribution in [0.3, 0.4) is 0 Å². The molecule has 4 heteroatoms. The van der Waals surface area contributed by atoms with Crippen LogP contribution in [0.15, 0.2) is 0 Å². The maximum Gasteiger partial charge on any atom is 0.0471 e. The first-order valence-corrected chi connectivity index (χ1v) is 6.08. The van der Waals surface area contributed by atoms with Gasteiger partial charge in [0.05, 0.1) is 0 Å². The molecule has 3 nitrogen and oxygen atoms in total. The molecule has 72 valence electrons. The third kappa shape index (κ3) is 3.21. The van der Waals surface area contributed by atoms with Crippen LogP contribution in [0.25, 0.3) is 0 Å². The molecule has 1 aliphatic heterocycles. The number of aliphatic hydroxyl groups excluding tert-OH is 1. The SMILES string of the molecule is CS(=O)CCN1CCC(CO)C1. The second-order valence-electron chi connectivity index (χ2n) is 3.42. The zero-order chi connectivity index (χ0) is 8.97. The van der Waals surface area contributed by atoms with Gasteiger partial charge in [0.2, 0.25) is 0 Å². The van der Waals surface area contributed by atoms with Gasteiger partial charge in [-0.05, 0) is 18.9 Å². The van der Waals surface area contributed by atoms with Crippen LogP contribution in [0.2, 0.25) is 0 Å². The first-order valence-electron chi connectivity index (χ1n) is 4.35. The second-order valence-corrected chi connectivity index (χ2v) is 4.97. The Morgan fingerprint density at radius 1 is 1.67 bits per heavy atom. The fraction of sp³-hybridized carbons (Fsp3) is 1.00. The minimum atomic E-state index is -0.679. The predicted molar refractivity (Wildman–Crippen MR) is 50.6 cm³/mol. The summed E-state index contributed by atoms with van der Waals surface area (Å²) >= 11 is 0. The van der Waals surface area contributed by atoms with Gasteiger partial charge in [-0.3, -0.25) is 4.21 Å². The van der Waals surface area contributed by atoms with Gasteiger partial charge in [0, 0.05) is 42.5 Å². The van der Waals surface area contributed by atoms with E-state index >= 15 is 0 Å². The highest BCUT2D eigenvalue weighted by Gasteiger charge is 2.20. The maximum atomic E-state index is 10.8. The Bertz CT molecular complexity index is 163. The number of likely N-dealkylation sites (tertiary alicyclic amines) is 1. The Morgan fingerprint density at radius 2 is 2.42 bits per heavy atom. The van der Waals surface area contributed by atoms with Crippen molar-refractivity contribution < 1.29 is 9.32 Å². The summed E-state index contributed by atoms with van der Waals surface area (Å²) in [6, 6.07) is 0. The van der Waals surface area contributed by atoms with Crippen LogP contribution >= 0.6 is 0 Å². The number of nitrogens with zero attached hydrogens (tertiary/aromatic N) is 1. The van der Waals surface area contributed by atoms with E-state index in [1.165, 1.54) is 0 Å². The van der Waals surface area contributed by atoms with Crippen LogP contribution in [0, 0.1) is 5.92 Å². The molecular formula is C8H17NO2S. The summed E-state index contributed by atoms with van der Waals surface area (Å²) in [5.41, 5.74) is 0. The average molecular weight is 191 g/mol. The number of rotatable bonds is 4. The summed E-state index contributed by atoms with van der Waals surface area (Å²) in [7, 11) is -0.679. The summed E-state index contributed by atoms with van der Waals surface area (Å²) < 4.78 is 10.8. The molecule has 2 unspecified atom stereocenters. The van der Waals surface area contributed by atoms with Crippen LogP contribution in [0.1, 0.15) is 6.42 Å². The lowest BCUT2D eigenvalue weighted by molar-refractivity contribution is 0.224. The van der Waals surface area contributed by atoms with Crippen LogP contribution in [-0.4, -0.2) is 52.5 Å². The molecule has 0 bridgehead atoms. The smallest absolute Gasteiger partial charge is 0.0471 e. The number of hydrogen-bond donors (Lipinski definition) is 1. The van der Waals surface area contributed by atoms with E-state index in [-0.39, 0.29) is 0 Å². The molecule has 0 aromatic heterocycles. The van der Waals surface area contributed by atoms with Crippen LogP contribution in [-0.2, 0) is 10.8 Å². The molecule has 1 saturated heterocycles. The van der Waals surface area contributed by atoms with E-state index in [4.69, 9.17) is 5.11 Å². The Hall–Kier alpha value is 0.0700. The monoisotopic (exact) mass is 191 g/mol. The molecule has 1 aliphatic rings. The highest BCUT2D eigenvalue weighted by Crippen LogP contribution is 2.14. The fourth-order valence-corrected chi connectivity index (χ4v) is 2.04. The molecule has 1 rings (SSSR count). The van der Waals surface area contributed by atoms with Crippen LogP contribution < -0.4 is 0 Å². The number of hydrogen-bond acceptors (Lipinski definition) is 3. The van der Waals surface area contributed by atoms with Gasteiger partial charge in [0.15, 0.2) is 0 Å². The highest BCUT2D eigenvalue weighted by molar-refractivity contribution is 7.84. The molecule has 0 aromatic rings. The lowest BCUT2D eigenvalue weighted by Crippen LogP contribution is -2.26. The first-order chi connectivity index (χ1) is 5.72. The topological polar surface area (TPSA) is 40.5 Å². The molecule has 1 N–H and O–H groups in total. The van der Waals surface area contributed by atoms with E-state index in [1.807, 2.05) is 0 Å². The molecule has 1 heterocycles. The second kappa shape index (κ2) is 4.94.